The van der Waals surface area contributed by atoms with E-state index in [9.17, 15) is 5.11 Å². The van der Waals surface area contributed by atoms with Crippen LogP contribution in [0, 0.1) is 5.41 Å². The van der Waals surface area contributed by atoms with E-state index in [0.29, 0.717) is 18.0 Å². The van der Waals surface area contributed by atoms with E-state index in [1.54, 1.807) is 17.9 Å². The quantitative estimate of drug-likeness (QED) is 0.320. The molecular weight excluding hydrogens is 320 g/mol. The van der Waals surface area contributed by atoms with Crippen molar-refractivity contribution in [2.75, 3.05) is 25.0 Å². The van der Waals surface area contributed by atoms with Crippen LogP contribution in [0.4, 0.5) is 5.82 Å². The van der Waals surface area contributed by atoms with Crippen molar-refractivity contribution in [1.29, 1.82) is 5.41 Å². The lowest BCUT2D eigenvalue weighted by Gasteiger charge is -2.22. The van der Waals surface area contributed by atoms with Gasteiger partial charge in [-0.1, -0.05) is 20.8 Å². The van der Waals surface area contributed by atoms with Crippen LogP contribution in [-0.2, 0) is 12.0 Å². The number of fused-ring (bicyclic) bond motifs is 1. The first-order chi connectivity index (χ1) is 11.7. The molecule has 0 aromatic carbocycles. The second-order valence-corrected chi connectivity index (χ2v) is 7.61. The van der Waals surface area contributed by atoms with Crippen LogP contribution in [0.25, 0.3) is 11.0 Å². The van der Waals surface area contributed by atoms with E-state index in [1.165, 1.54) is 5.01 Å². The second-order valence-electron chi connectivity index (χ2n) is 7.61. The topological polar surface area (TPSA) is 120 Å². The number of likely N-dealkylation sites (N-methyl/N-ethyl adjacent to an activating group) is 1. The summed E-state index contributed by atoms with van der Waals surface area (Å²) in [5.41, 5.74) is 0.456. The van der Waals surface area contributed by atoms with Gasteiger partial charge in [-0.2, -0.15) is 5.10 Å². The monoisotopic (exact) mass is 346 g/mol. The van der Waals surface area contributed by atoms with Gasteiger partial charge in [-0.15, -0.1) is 0 Å². The molecule has 0 aliphatic carbocycles. The van der Waals surface area contributed by atoms with Gasteiger partial charge in [-0.25, -0.2) is 20.5 Å². The van der Waals surface area contributed by atoms with Gasteiger partial charge in [0.05, 0.1) is 17.7 Å². The summed E-state index contributed by atoms with van der Waals surface area (Å²) in [6, 6.07) is 0. The van der Waals surface area contributed by atoms with Crippen LogP contribution in [0.15, 0.2) is 6.20 Å². The Balaban J connectivity index is 2.11. The summed E-state index contributed by atoms with van der Waals surface area (Å²) < 4.78 is 1.67. The molecule has 0 bridgehead atoms. The maximum absolute atomic E-state index is 9.89. The summed E-state index contributed by atoms with van der Waals surface area (Å²) in [7, 11) is 1.63. The fourth-order valence-electron chi connectivity index (χ4n) is 2.82. The molecule has 9 nitrogen and oxygen atoms in total. The van der Waals surface area contributed by atoms with Crippen LogP contribution in [-0.4, -0.2) is 61.9 Å². The van der Waals surface area contributed by atoms with E-state index in [2.05, 4.69) is 30.8 Å². The highest BCUT2D eigenvalue weighted by Crippen LogP contribution is 2.30. The Bertz CT molecular complexity index is 791. The molecule has 1 aliphatic rings. The second kappa shape index (κ2) is 6.23. The minimum absolute atomic E-state index is 0.228. The zero-order valence-corrected chi connectivity index (χ0v) is 15.2. The number of nitrogens with one attached hydrogen (secondary N) is 1. The molecule has 1 unspecified atom stereocenters. The number of amidine groups is 1. The number of rotatable bonds is 3. The summed E-state index contributed by atoms with van der Waals surface area (Å²) in [5.74, 6) is 7.38. The Morgan fingerprint density at radius 2 is 2.16 bits per heavy atom. The molecule has 0 spiro atoms. The molecule has 2 aromatic rings. The van der Waals surface area contributed by atoms with Crippen molar-refractivity contribution in [3.05, 3.63) is 12.0 Å². The molecule has 1 aliphatic heterocycles. The highest BCUT2D eigenvalue weighted by atomic mass is 16.3. The molecular formula is C16H26N8O. The Labute approximate surface area is 146 Å². The van der Waals surface area contributed by atoms with Crippen LogP contribution >= 0.6 is 0 Å². The summed E-state index contributed by atoms with van der Waals surface area (Å²) in [5, 5.41) is 24.3. The van der Waals surface area contributed by atoms with Crippen LogP contribution in [0.3, 0.4) is 0 Å². The molecule has 3 rings (SSSR count). The van der Waals surface area contributed by atoms with E-state index in [0.717, 1.165) is 24.2 Å². The maximum atomic E-state index is 9.89. The molecule has 136 valence electrons. The number of hydrazine groups is 1. The van der Waals surface area contributed by atoms with E-state index in [-0.39, 0.29) is 23.9 Å². The van der Waals surface area contributed by atoms with Gasteiger partial charge in [0, 0.05) is 25.6 Å². The van der Waals surface area contributed by atoms with E-state index in [1.807, 2.05) is 0 Å². The van der Waals surface area contributed by atoms with Gasteiger partial charge in [0.15, 0.2) is 5.65 Å². The molecule has 4 N–H and O–H groups in total. The number of anilines is 1. The van der Waals surface area contributed by atoms with Gasteiger partial charge in [0.1, 0.15) is 24.0 Å². The highest BCUT2D eigenvalue weighted by Gasteiger charge is 2.28. The van der Waals surface area contributed by atoms with Crippen molar-refractivity contribution in [3.63, 3.8) is 0 Å². The van der Waals surface area contributed by atoms with Crippen molar-refractivity contribution in [2.45, 2.75) is 45.3 Å². The molecule has 0 amide bonds. The normalized spacial score (nSPS) is 18.2. The highest BCUT2D eigenvalue weighted by molar-refractivity contribution is 5.88. The third kappa shape index (κ3) is 3.42. The molecule has 25 heavy (non-hydrogen) atoms. The molecule has 0 saturated carbocycles. The number of β-amino-alcohol motifs (C(OH)–C–C–N with tert-alkyl or cyclic N) is 1. The fraction of sp³-hybridized carbons (Fsp3) is 0.625. The van der Waals surface area contributed by atoms with Crippen molar-refractivity contribution < 1.29 is 5.11 Å². The van der Waals surface area contributed by atoms with E-state index < -0.39 is 0 Å². The molecule has 1 saturated heterocycles. The Morgan fingerprint density at radius 3 is 2.72 bits per heavy atom. The van der Waals surface area contributed by atoms with Crippen molar-refractivity contribution in [2.24, 2.45) is 5.84 Å². The Morgan fingerprint density at radius 1 is 1.44 bits per heavy atom. The van der Waals surface area contributed by atoms with Crippen LogP contribution in [0.2, 0.25) is 0 Å². The molecule has 3 heterocycles. The lowest BCUT2D eigenvalue weighted by atomic mass is 9.95. The smallest absolute Gasteiger partial charge is 0.164 e. The molecule has 0 radical (unpaired) electrons. The zero-order valence-electron chi connectivity index (χ0n) is 15.2. The van der Waals surface area contributed by atoms with Gasteiger partial charge in [-0.3, -0.25) is 5.41 Å². The molecule has 1 fully saturated rings. The van der Waals surface area contributed by atoms with Crippen LogP contribution < -0.4 is 10.7 Å². The largest absolute Gasteiger partial charge is 0.391 e. The number of aliphatic hydroxyl groups is 1. The van der Waals surface area contributed by atoms with E-state index >= 15 is 0 Å². The average molecular weight is 346 g/mol. The van der Waals surface area contributed by atoms with Gasteiger partial charge in [0.2, 0.25) is 0 Å². The standard InChI is InChI=1S/C16H26N8O/c1-16(2,3)15-20-13(23-6-5-10(25)8-23)11-7-19-24(14(11)21-15)9-12(17)22(4)18/h7,10,17,25H,5-6,8-9,18H2,1-4H3. The summed E-state index contributed by atoms with van der Waals surface area (Å²) >= 11 is 0. The van der Waals surface area contributed by atoms with Gasteiger partial charge in [-0.05, 0) is 6.42 Å². The predicted molar refractivity (Wildman–Crippen MR) is 96.5 cm³/mol. The minimum Gasteiger partial charge on any atom is -0.391 e. The number of aromatic nitrogens is 4. The number of aliphatic hydroxyl groups excluding tert-OH is 1. The molecule has 2 aromatic heterocycles. The lowest BCUT2D eigenvalue weighted by Crippen LogP contribution is -2.35. The summed E-state index contributed by atoms with van der Waals surface area (Å²) in [4.78, 5) is 11.6. The minimum atomic E-state index is -0.336. The van der Waals surface area contributed by atoms with Gasteiger partial charge in [0.25, 0.3) is 0 Å². The zero-order chi connectivity index (χ0) is 18.4. The fourth-order valence-corrected chi connectivity index (χ4v) is 2.82. The van der Waals surface area contributed by atoms with Crippen molar-refractivity contribution in [1.82, 2.24) is 24.8 Å². The first-order valence-corrected chi connectivity index (χ1v) is 8.39. The molecule has 1 atom stereocenters. The third-order valence-electron chi connectivity index (χ3n) is 4.34. The third-order valence-corrected chi connectivity index (χ3v) is 4.34. The number of nitrogens with two attached hydrogens (primary N) is 1. The lowest BCUT2D eigenvalue weighted by molar-refractivity contribution is 0.198. The van der Waals surface area contributed by atoms with Gasteiger partial charge >= 0.3 is 0 Å². The summed E-state index contributed by atoms with van der Waals surface area (Å²) in [6.07, 6.45) is 2.12. The summed E-state index contributed by atoms with van der Waals surface area (Å²) in [6.45, 7) is 7.73. The number of hydrogen-bond acceptors (Lipinski definition) is 7. The maximum Gasteiger partial charge on any atom is 0.164 e. The first-order valence-electron chi connectivity index (χ1n) is 8.39. The molecule has 9 heteroatoms. The average Bonchev–Trinajstić information content (AvgIpc) is 3.12. The SMILES string of the molecule is CN(N)C(=N)Cn1ncc2c(N3CCC(O)C3)nc(C(C)(C)C)nc21. The van der Waals surface area contributed by atoms with Crippen LogP contribution in [0.5, 0.6) is 0 Å². The number of hydrogen-bond donors (Lipinski definition) is 3. The van der Waals surface area contributed by atoms with Crippen LogP contribution in [0.1, 0.15) is 33.0 Å². The Kier molecular flexibility index (Phi) is 4.38. The Hall–Kier alpha value is -2.26. The first kappa shape index (κ1) is 17.6. The predicted octanol–water partition coefficient (Wildman–Crippen LogP) is 0.478. The van der Waals surface area contributed by atoms with Crippen molar-refractivity contribution >= 4 is 22.7 Å². The van der Waals surface area contributed by atoms with E-state index in [4.69, 9.17) is 21.2 Å². The van der Waals surface area contributed by atoms with Crippen molar-refractivity contribution in [3.8, 4) is 0 Å². The van der Waals surface area contributed by atoms with Gasteiger partial charge < -0.3 is 15.0 Å². The number of nitrogens with zero attached hydrogens (tertiary/aromatic N) is 6.